The van der Waals surface area contributed by atoms with Crippen LogP contribution in [0.5, 0.6) is 0 Å². The Morgan fingerprint density at radius 2 is 1.80 bits per heavy atom. The maximum Gasteiger partial charge on any atom is 0.162 e. The molecule has 15 heavy (non-hydrogen) atoms. The van der Waals surface area contributed by atoms with Crippen LogP contribution in [0.4, 0.5) is 0 Å². The summed E-state index contributed by atoms with van der Waals surface area (Å²) in [6.45, 7) is 1.91. The highest BCUT2D eigenvalue weighted by molar-refractivity contribution is 5.95. The molecule has 1 aliphatic carbocycles. The molecule has 0 bridgehead atoms. The monoisotopic (exact) mass is 202 g/mol. The molecular formula is C14H18O. The molecule has 0 heterocycles. The van der Waals surface area contributed by atoms with Gasteiger partial charge >= 0.3 is 0 Å². The summed E-state index contributed by atoms with van der Waals surface area (Å²) in [7, 11) is 0. The molecular weight excluding hydrogens is 184 g/mol. The molecule has 0 saturated heterocycles. The van der Waals surface area contributed by atoms with Crippen LogP contribution in [0.2, 0.25) is 0 Å². The number of hydrogen-bond acceptors (Lipinski definition) is 1. The fourth-order valence-electron chi connectivity index (χ4n) is 2.40. The van der Waals surface area contributed by atoms with E-state index in [9.17, 15) is 4.79 Å². The van der Waals surface area contributed by atoms with Crippen molar-refractivity contribution in [1.29, 1.82) is 0 Å². The van der Waals surface area contributed by atoms with Crippen LogP contribution in [0.25, 0.3) is 0 Å². The molecule has 0 unspecified atom stereocenters. The summed E-state index contributed by atoms with van der Waals surface area (Å²) >= 11 is 0. The highest BCUT2D eigenvalue weighted by Gasteiger charge is 2.16. The third-order valence-corrected chi connectivity index (χ3v) is 3.38. The lowest BCUT2D eigenvalue weighted by atomic mass is 9.96. The summed E-state index contributed by atoms with van der Waals surface area (Å²) in [6.07, 6.45) is 5.96. The number of Topliss-reactive ketones (excluding diaryl/α,β-unsaturated/α-hetero) is 1. The van der Waals surface area contributed by atoms with Crippen molar-refractivity contribution >= 4 is 5.78 Å². The van der Waals surface area contributed by atoms with Crippen LogP contribution in [0, 0.1) is 0 Å². The Morgan fingerprint density at radius 1 is 1.20 bits per heavy atom. The normalized spacial score (nSPS) is 16.9. The molecule has 0 amide bonds. The molecule has 1 aromatic carbocycles. The maximum atomic E-state index is 11.4. The molecule has 1 saturated carbocycles. The predicted octanol–water partition coefficient (Wildman–Crippen LogP) is 3.94. The Labute approximate surface area is 91.5 Å². The number of ketones is 1. The molecule has 2 rings (SSSR count). The van der Waals surface area contributed by atoms with E-state index >= 15 is 0 Å². The zero-order chi connectivity index (χ0) is 10.7. The van der Waals surface area contributed by atoms with Crippen LogP contribution in [0.1, 0.15) is 60.9 Å². The van der Waals surface area contributed by atoms with E-state index in [0.29, 0.717) is 6.42 Å². The molecule has 0 radical (unpaired) electrons. The minimum atomic E-state index is 0.243. The first-order valence-corrected chi connectivity index (χ1v) is 5.94. The van der Waals surface area contributed by atoms with Gasteiger partial charge in [0.15, 0.2) is 5.78 Å². The van der Waals surface area contributed by atoms with Crippen LogP contribution < -0.4 is 0 Å². The van der Waals surface area contributed by atoms with Crippen molar-refractivity contribution in [3.8, 4) is 0 Å². The number of carbonyl (C=O) groups excluding carboxylic acids is 1. The van der Waals surface area contributed by atoms with Crippen molar-refractivity contribution < 1.29 is 4.79 Å². The van der Waals surface area contributed by atoms with E-state index in [1.807, 2.05) is 19.1 Å². The van der Waals surface area contributed by atoms with E-state index < -0.39 is 0 Å². The molecule has 1 heteroatoms. The lowest BCUT2D eigenvalue weighted by molar-refractivity contribution is 0.0988. The smallest absolute Gasteiger partial charge is 0.162 e. The van der Waals surface area contributed by atoms with Gasteiger partial charge in [-0.15, -0.1) is 0 Å². The van der Waals surface area contributed by atoms with Gasteiger partial charge in [0, 0.05) is 12.0 Å². The molecule has 0 aliphatic heterocycles. The zero-order valence-electron chi connectivity index (χ0n) is 9.33. The Hall–Kier alpha value is -1.11. The molecule has 1 nitrogen and oxygen atoms in total. The second-order valence-corrected chi connectivity index (χ2v) is 4.38. The van der Waals surface area contributed by atoms with E-state index in [1.54, 1.807) is 0 Å². The van der Waals surface area contributed by atoms with Gasteiger partial charge in [-0.05, 0) is 24.3 Å². The number of rotatable bonds is 3. The molecule has 0 N–H and O–H groups in total. The molecule has 0 aromatic heterocycles. The largest absolute Gasteiger partial charge is 0.294 e. The van der Waals surface area contributed by atoms with Gasteiger partial charge in [-0.3, -0.25) is 4.79 Å². The molecule has 80 valence electrons. The lowest BCUT2D eigenvalue weighted by Crippen LogP contribution is -1.98. The van der Waals surface area contributed by atoms with Crippen LogP contribution in [-0.2, 0) is 0 Å². The van der Waals surface area contributed by atoms with Crippen molar-refractivity contribution in [3.63, 3.8) is 0 Å². The lowest BCUT2D eigenvalue weighted by Gasteiger charge is -2.09. The first-order chi connectivity index (χ1) is 7.31. The quantitative estimate of drug-likeness (QED) is 0.678. The SMILES string of the molecule is CCC(=O)c1ccc(C2CCCC2)cc1. The fraction of sp³-hybridized carbons (Fsp3) is 0.500. The second-order valence-electron chi connectivity index (χ2n) is 4.38. The summed E-state index contributed by atoms with van der Waals surface area (Å²) in [4.78, 5) is 11.4. The average molecular weight is 202 g/mol. The summed E-state index contributed by atoms with van der Waals surface area (Å²) < 4.78 is 0. The van der Waals surface area contributed by atoms with Gasteiger partial charge in [0.1, 0.15) is 0 Å². The standard InChI is InChI=1S/C14H18O/c1-2-14(15)13-9-7-12(8-10-13)11-5-3-4-6-11/h7-11H,2-6H2,1H3. The minimum Gasteiger partial charge on any atom is -0.294 e. The summed E-state index contributed by atoms with van der Waals surface area (Å²) in [5.41, 5.74) is 2.28. The predicted molar refractivity (Wildman–Crippen MR) is 62.3 cm³/mol. The topological polar surface area (TPSA) is 17.1 Å². The van der Waals surface area contributed by atoms with Gasteiger partial charge in [-0.1, -0.05) is 44.0 Å². The van der Waals surface area contributed by atoms with Gasteiger partial charge < -0.3 is 0 Å². The highest BCUT2D eigenvalue weighted by atomic mass is 16.1. The molecule has 1 aromatic rings. The van der Waals surface area contributed by atoms with Gasteiger partial charge in [-0.25, -0.2) is 0 Å². The van der Waals surface area contributed by atoms with Crippen molar-refractivity contribution in [2.45, 2.75) is 44.9 Å². The third kappa shape index (κ3) is 2.28. The minimum absolute atomic E-state index is 0.243. The van der Waals surface area contributed by atoms with E-state index in [2.05, 4.69) is 12.1 Å². The summed E-state index contributed by atoms with van der Waals surface area (Å²) in [5.74, 6) is 0.990. The van der Waals surface area contributed by atoms with E-state index in [-0.39, 0.29) is 5.78 Å². The summed E-state index contributed by atoms with van der Waals surface area (Å²) in [5, 5.41) is 0. The molecule has 0 spiro atoms. The van der Waals surface area contributed by atoms with Crippen LogP contribution in [0.15, 0.2) is 24.3 Å². The Kier molecular flexibility index (Phi) is 3.20. The van der Waals surface area contributed by atoms with Gasteiger partial charge in [0.05, 0.1) is 0 Å². The number of carbonyl (C=O) groups is 1. The van der Waals surface area contributed by atoms with E-state index in [1.165, 1.54) is 31.2 Å². The first kappa shape index (κ1) is 10.4. The van der Waals surface area contributed by atoms with Crippen molar-refractivity contribution in [2.75, 3.05) is 0 Å². The third-order valence-electron chi connectivity index (χ3n) is 3.38. The van der Waals surface area contributed by atoms with Gasteiger partial charge in [0.2, 0.25) is 0 Å². The molecule has 0 atom stereocenters. The van der Waals surface area contributed by atoms with Crippen molar-refractivity contribution in [2.24, 2.45) is 0 Å². The average Bonchev–Trinajstić information content (AvgIpc) is 2.82. The highest BCUT2D eigenvalue weighted by Crippen LogP contribution is 2.33. The Balaban J connectivity index is 2.12. The molecule has 1 fully saturated rings. The maximum absolute atomic E-state index is 11.4. The van der Waals surface area contributed by atoms with Crippen LogP contribution >= 0.6 is 0 Å². The first-order valence-electron chi connectivity index (χ1n) is 5.94. The second kappa shape index (κ2) is 4.61. The Morgan fingerprint density at radius 3 is 2.33 bits per heavy atom. The van der Waals surface area contributed by atoms with E-state index in [4.69, 9.17) is 0 Å². The van der Waals surface area contributed by atoms with Crippen molar-refractivity contribution in [1.82, 2.24) is 0 Å². The van der Waals surface area contributed by atoms with Crippen LogP contribution in [-0.4, -0.2) is 5.78 Å². The number of hydrogen-bond donors (Lipinski definition) is 0. The molecule has 1 aliphatic rings. The van der Waals surface area contributed by atoms with Gasteiger partial charge in [-0.2, -0.15) is 0 Å². The van der Waals surface area contributed by atoms with Gasteiger partial charge in [0.25, 0.3) is 0 Å². The fourth-order valence-corrected chi connectivity index (χ4v) is 2.40. The van der Waals surface area contributed by atoms with Crippen molar-refractivity contribution in [3.05, 3.63) is 35.4 Å². The Bertz CT molecular complexity index is 331. The summed E-state index contributed by atoms with van der Waals surface area (Å²) in [6, 6.07) is 8.25. The van der Waals surface area contributed by atoms with E-state index in [0.717, 1.165) is 11.5 Å². The zero-order valence-corrected chi connectivity index (χ0v) is 9.33. The van der Waals surface area contributed by atoms with Crippen LogP contribution in [0.3, 0.4) is 0 Å². The number of benzene rings is 1.